The Hall–Kier alpha value is -1.64. The van der Waals surface area contributed by atoms with Gasteiger partial charge in [-0.25, -0.2) is 8.42 Å². The number of hydrogen-bond donors (Lipinski definition) is 2. The topological polar surface area (TPSA) is 95.7 Å². The summed E-state index contributed by atoms with van der Waals surface area (Å²) in [4.78, 5) is 14.4. The molecule has 25 heavy (non-hydrogen) atoms. The Morgan fingerprint density at radius 3 is 2.44 bits per heavy atom. The van der Waals surface area contributed by atoms with E-state index in [2.05, 4.69) is 10.2 Å². The summed E-state index contributed by atoms with van der Waals surface area (Å²) in [5.74, 6) is -0.208. The Labute approximate surface area is 150 Å². The zero-order valence-electron chi connectivity index (χ0n) is 15.0. The van der Waals surface area contributed by atoms with Crippen molar-refractivity contribution in [1.82, 2.24) is 4.31 Å². The first kappa shape index (κ1) is 19.7. The number of sulfonamides is 1. The van der Waals surface area contributed by atoms with Gasteiger partial charge in [0.1, 0.15) is 0 Å². The molecule has 140 valence electrons. The zero-order chi connectivity index (χ0) is 18.4. The number of nitrogens with two attached hydrogens (primary N) is 1. The summed E-state index contributed by atoms with van der Waals surface area (Å²) >= 11 is 0. The lowest BCUT2D eigenvalue weighted by Crippen LogP contribution is -2.31. The number of anilines is 2. The average Bonchev–Trinajstić information content (AvgIpc) is 3.10. The molecule has 0 aliphatic carbocycles. The maximum atomic E-state index is 12.8. The number of carbonyl (C=O) groups is 1. The Kier molecular flexibility index (Phi) is 6.80. The van der Waals surface area contributed by atoms with E-state index in [9.17, 15) is 13.2 Å². The Morgan fingerprint density at radius 1 is 1.24 bits per heavy atom. The van der Waals surface area contributed by atoms with Crippen LogP contribution in [-0.4, -0.2) is 51.4 Å². The highest BCUT2D eigenvalue weighted by Crippen LogP contribution is 2.32. The van der Waals surface area contributed by atoms with Gasteiger partial charge in [-0.2, -0.15) is 4.31 Å². The van der Waals surface area contributed by atoms with E-state index in [4.69, 9.17) is 5.73 Å². The molecule has 0 spiro atoms. The van der Waals surface area contributed by atoms with Crippen LogP contribution < -0.4 is 16.0 Å². The van der Waals surface area contributed by atoms with Crippen molar-refractivity contribution >= 4 is 27.3 Å². The zero-order valence-corrected chi connectivity index (χ0v) is 15.8. The Balaban J connectivity index is 2.42. The van der Waals surface area contributed by atoms with E-state index < -0.39 is 10.0 Å². The second-order valence-corrected chi connectivity index (χ2v) is 7.99. The summed E-state index contributed by atoms with van der Waals surface area (Å²) in [5.41, 5.74) is 6.84. The van der Waals surface area contributed by atoms with Crippen molar-refractivity contribution in [3.63, 3.8) is 0 Å². The standard InChI is InChI=1S/C17H28N4O3S/c1-3-21(4-2)25(23,24)14-7-8-16(20-11-5-6-12-20)15(13-14)19-17(22)9-10-18/h7-8,13H,3-6,9-12,18H2,1-2H3,(H,19,22). The molecule has 1 aromatic carbocycles. The molecule has 1 saturated heterocycles. The molecule has 0 aromatic heterocycles. The van der Waals surface area contributed by atoms with Gasteiger partial charge in [0, 0.05) is 39.1 Å². The molecular weight excluding hydrogens is 340 g/mol. The molecule has 1 aliphatic heterocycles. The third-order valence-corrected chi connectivity index (χ3v) is 6.45. The lowest BCUT2D eigenvalue weighted by Gasteiger charge is -2.24. The second-order valence-electron chi connectivity index (χ2n) is 6.05. The summed E-state index contributed by atoms with van der Waals surface area (Å²) in [5, 5.41) is 2.83. The lowest BCUT2D eigenvalue weighted by molar-refractivity contribution is -0.116. The number of carbonyl (C=O) groups excluding carboxylic acids is 1. The minimum Gasteiger partial charge on any atom is -0.370 e. The molecule has 0 radical (unpaired) electrons. The Morgan fingerprint density at radius 2 is 1.88 bits per heavy atom. The van der Waals surface area contributed by atoms with Crippen molar-refractivity contribution in [3.05, 3.63) is 18.2 Å². The normalized spacial score (nSPS) is 15.0. The number of nitrogens with zero attached hydrogens (tertiary/aromatic N) is 2. The molecule has 1 aliphatic rings. The molecule has 0 bridgehead atoms. The molecule has 1 amide bonds. The van der Waals surface area contributed by atoms with E-state index in [0.29, 0.717) is 18.8 Å². The highest BCUT2D eigenvalue weighted by Gasteiger charge is 2.24. The average molecular weight is 369 g/mol. The number of amides is 1. The van der Waals surface area contributed by atoms with Gasteiger partial charge in [0.25, 0.3) is 0 Å². The molecule has 0 saturated carbocycles. The van der Waals surface area contributed by atoms with Crippen LogP contribution in [0, 0.1) is 0 Å². The lowest BCUT2D eigenvalue weighted by atomic mass is 10.2. The first-order valence-corrected chi connectivity index (χ1v) is 10.3. The number of nitrogens with one attached hydrogen (secondary N) is 1. The van der Waals surface area contributed by atoms with Crippen LogP contribution in [0.5, 0.6) is 0 Å². The van der Waals surface area contributed by atoms with Crippen molar-refractivity contribution in [3.8, 4) is 0 Å². The summed E-state index contributed by atoms with van der Waals surface area (Å²) in [6, 6.07) is 4.98. The van der Waals surface area contributed by atoms with Gasteiger partial charge in [0.2, 0.25) is 15.9 Å². The molecule has 1 heterocycles. The fourth-order valence-corrected chi connectivity index (χ4v) is 4.55. The fourth-order valence-electron chi connectivity index (χ4n) is 3.07. The van der Waals surface area contributed by atoms with Crippen LogP contribution in [0.2, 0.25) is 0 Å². The van der Waals surface area contributed by atoms with Crippen molar-refractivity contribution in [1.29, 1.82) is 0 Å². The highest BCUT2D eigenvalue weighted by molar-refractivity contribution is 7.89. The number of rotatable bonds is 8. The quantitative estimate of drug-likeness (QED) is 0.727. The van der Waals surface area contributed by atoms with Crippen molar-refractivity contribution in [2.45, 2.75) is 38.0 Å². The fraction of sp³-hybridized carbons (Fsp3) is 0.588. The molecule has 7 nitrogen and oxygen atoms in total. The molecule has 1 fully saturated rings. The van der Waals surface area contributed by atoms with Gasteiger partial charge in [0.05, 0.1) is 16.3 Å². The maximum Gasteiger partial charge on any atom is 0.243 e. The van der Waals surface area contributed by atoms with Crippen LogP contribution in [0.25, 0.3) is 0 Å². The van der Waals surface area contributed by atoms with E-state index in [0.717, 1.165) is 31.6 Å². The molecular formula is C17H28N4O3S. The molecule has 2 rings (SSSR count). The molecule has 1 aromatic rings. The summed E-state index contributed by atoms with van der Waals surface area (Å²) in [6.45, 7) is 6.49. The predicted octanol–water partition coefficient (Wildman–Crippen LogP) is 1.60. The van der Waals surface area contributed by atoms with E-state index in [-0.39, 0.29) is 23.8 Å². The van der Waals surface area contributed by atoms with Gasteiger partial charge < -0.3 is 16.0 Å². The minimum absolute atomic E-state index is 0.196. The van der Waals surface area contributed by atoms with E-state index in [1.165, 1.54) is 4.31 Å². The van der Waals surface area contributed by atoms with Gasteiger partial charge in [-0.1, -0.05) is 13.8 Å². The molecule has 3 N–H and O–H groups in total. The largest absolute Gasteiger partial charge is 0.370 e. The molecule has 8 heteroatoms. The smallest absolute Gasteiger partial charge is 0.243 e. The SMILES string of the molecule is CCN(CC)S(=O)(=O)c1ccc(N2CCCC2)c(NC(=O)CCN)c1. The predicted molar refractivity (Wildman–Crippen MR) is 100 cm³/mol. The first-order valence-electron chi connectivity index (χ1n) is 8.83. The van der Waals surface area contributed by atoms with Crippen LogP contribution >= 0.6 is 0 Å². The summed E-state index contributed by atoms with van der Waals surface area (Å²) in [6.07, 6.45) is 2.39. The third kappa shape index (κ3) is 4.50. The van der Waals surface area contributed by atoms with E-state index >= 15 is 0 Å². The number of benzene rings is 1. The van der Waals surface area contributed by atoms with Gasteiger partial charge in [-0.3, -0.25) is 4.79 Å². The monoisotopic (exact) mass is 368 g/mol. The van der Waals surface area contributed by atoms with Crippen LogP contribution in [0.1, 0.15) is 33.1 Å². The minimum atomic E-state index is -3.57. The van der Waals surface area contributed by atoms with Gasteiger partial charge in [-0.05, 0) is 31.0 Å². The first-order chi connectivity index (χ1) is 11.9. The summed E-state index contributed by atoms with van der Waals surface area (Å²) in [7, 11) is -3.57. The van der Waals surface area contributed by atoms with Crippen LogP contribution in [-0.2, 0) is 14.8 Å². The molecule has 0 atom stereocenters. The Bertz CT molecular complexity index is 696. The molecule has 0 unspecified atom stereocenters. The van der Waals surface area contributed by atoms with Crippen LogP contribution in [0.3, 0.4) is 0 Å². The number of hydrogen-bond acceptors (Lipinski definition) is 5. The maximum absolute atomic E-state index is 12.8. The van der Waals surface area contributed by atoms with Gasteiger partial charge in [-0.15, -0.1) is 0 Å². The van der Waals surface area contributed by atoms with Crippen molar-refractivity contribution in [2.75, 3.05) is 42.9 Å². The van der Waals surface area contributed by atoms with Crippen LogP contribution in [0.15, 0.2) is 23.1 Å². The van der Waals surface area contributed by atoms with Gasteiger partial charge >= 0.3 is 0 Å². The van der Waals surface area contributed by atoms with Crippen molar-refractivity contribution < 1.29 is 13.2 Å². The van der Waals surface area contributed by atoms with Crippen molar-refractivity contribution in [2.24, 2.45) is 5.73 Å². The van der Waals surface area contributed by atoms with Crippen LogP contribution in [0.4, 0.5) is 11.4 Å². The van der Waals surface area contributed by atoms with E-state index in [1.807, 2.05) is 13.8 Å². The second kappa shape index (κ2) is 8.64. The van der Waals surface area contributed by atoms with E-state index in [1.54, 1.807) is 18.2 Å². The summed E-state index contributed by atoms with van der Waals surface area (Å²) < 4.78 is 26.9. The van der Waals surface area contributed by atoms with Gasteiger partial charge in [0.15, 0.2) is 0 Å². The highest BCUT2D eigenvalue weighted by atomic mass is 32.2. The third-order valence-electron chi connectivity index (χ3n) is 4.40.